The summed E-state index contributed by atoms with van der Waals surface area (Å²) < 4.78 is 12.8. The number of anilines is 3. The molecule has 0 saturated heterocycles. The lowest BCUT2D eigenvalue weighted by Crippen LogP contribution is -2.61. The average Bonchev–Trinajstić information content (AvgIpc) is 2.89. The van der Waals surface area contributed by atoms with Crippen LogP contribution in [0.4, 0.5) is 17.1 Å². The third kappa shape index (κ3) is 2.32. The first kappa shape index (κ1) is 18.0. The van der Waals surface area contributed by atoms with E-state index in [4.69, 9.17) is 9.47 Å². The normalized spacial score (nSPS) is 13.6. The van der Waals surface area contributed by atoms with Crippen molar-refractivity contribution in [2.75, 3.05) is 4.90 Å². The van der Waals surface area contributed by atoms with Crippen LogP contribution in [0, 0.1) is 0 Å². The second-order valence-corrected chi connectivity index (χ2v) is 8.93. The van der Waals surface area contributed by atoms with E-state index in [2.05, 4.69) is 95.9 Å². The molecule has 0 bridgehead atoms. The average molecular weight is 435 g/mol. The second kappa shape index (κ2) is 6.55. The highest BCUT2D eigenvalue weighted by Crippen LogP contribution is 2.45. The summed E-state index contributed by atoms with van der Waals surface area (Å²) in [5.74, 6) is 3.59. The van der Waals surface area contributed by atoms with Crippen molar-refractivity contribution in [1.82, 2.24) is 0 Å². The van der Waals surface area contributed by atoms with Crippen LogP contribution in [0.2, 0.25) is 0 Å². The maximum absolute atomic E-state index is 6.42. The molecule has 0 radical (unpaired) electrons. The van der Waals surface area contributed by atoms with Crippen molar-refractivity contribution in [3.63, 3.8) is 0 Å². The van der Waals surface area contributed by atoms with Gasteiger partial charge in [-0.05, 0) is 70.6 Å². The van der Waals surface area contributed by atoms with Gasteiger partial charge in [-0.25, -0.2) is 0 Å². The number of nitrogens with zero attached hydrogens (tertiary/aromatic N) is 1. The minimum Gasteiger partial charge on any atom is -0.458 e. The Kier molecular flexibility index (Phi) is 3.48. The van der Waals surface area contributed by atoms with Gasteiger partial charge in [0.05, 0.1) is 0 Å². The van der Waals surface area contributed by atoms with Crippen molar-refractivity contribution in [3.05, 3.63) is 109 Å². The van der Waals surface area contributed by atoms with Crippen LogP contribution in [0.3, 0.4) is 0 Å². The van der Waals surface area contributed by atoms with E-state index >= 15 is 0 Å². The highest BCUT2D eigenvalue weighted by molar-refractivity contribution is 7.00. The van der Waals surface area contributed by atoms with Crippen LogP contribution in [0.15, 0.2) is 109 Å². The third-order valence-electron chi connectivity index (χ3n) is 7.11. The molecule has 3 nitrogen and oxygen atoms in total. The van der Waals surface area contributed by atoms with Gasteiger partial charge in [0.1, 0.15) is 23.0 Å². The fourth-order valence-corrected chi connectivity index (χ4v) is 5.73. The fourth-order valence-electron chi connectivity index (χ4n) is 5.73. The lowest BCUT2D eigenvalue weighted by Gasteiger charge is -2.42. The molecule has 0 N–H and O–H groups in total. The molecule has 3 aliphatic rings. The van der Waals surface area contributed by atoms with Crippen molar-refractivity contribution in [2.45, 2.75) is 0 Å². The van der Waals surface area contributed by atoms with Crippen LogP contribution in [0.1, 0.15) is 0 Å². The fraction of sp³-hybridized carbons (Fsp3) is 0. The van der Waals surface area contributed by atoms with Crippen molar-refractivity contribution in [1.29, 1.82) is 0 Å². The first-order chi connectivity index (χ1) is 16.9. The Hall–Kier alpha value is -4.44. The van der Waals surface area contributed by atoms with Gasteiger partial charge in [0.25, 0.3) is 6.71 Å². The summed E-state index contributed by atoms with van der Waals surface area (Å²) in [7, 11) is 0. The molecule has 0 saturated carbocycles. The van der Waals surface area contributed by atoms with Gasteiger partial charge >= 0.3 is 0 Å². The van der Waals surface area contributed by atoms with E-state index in [0.29, 0.717) is 0 Å². The van der Waals surface area contributed by atoms with Crippen molar-refractivity contribution in [2.24, 2.45) is 0 Å². The van der Waals surface area contributed by atoms with Gasteiger partial charge in [-0.1, -0.05) is 60.7 Å². The van der Waals surface area contributed by atoms with Crippen molar-refractivity contribution in [3.8, 4) is 34.1 Å². The predicted molar refractivity (Wildman–Crippen MR) is 138 cm³/mol. The molecule has 5 aromatic rings. The lowest BCUT2D eigenvalue weighted by atomic mass is 9.33. The van der Waals surface area contributed by atoms with Crippen molar-refractivity contribution < 1.29 is 9.47 Å². The molecule has 0 aromatic heterocycles. The number of hydrogen-bond donors (Lipinski definition) is 0. The molecule has 0 atom stereocenters. The third-order valence-corrected chi connectivity index (χ3v) is 7.11. The molecule has 0 unspecified atom stereocenters. The number of ether oxygens (including phenoxy) is 2. The maximum atomic E-state index is 6.42. The quantitative estimate of drug-likeness (QED) is 0.318. The van der Waals surface area contributed by atoms with Gasteiger partial charge in [-0.15, -0.1) is 0 Å². The minimum atomic E-state index is 0.0969. The van der Waals surface area contributed by atoms with Gasteiger partial charge in [-0.2, -0.15) is 0 Å². The van der Waals surface area contributed by atoms with E-state index in [-0.39, 0.29) is 6.71 Å². The Balaban J connectivity index is 1.41. The Morgan fingerprint density at radius 3 is 1.65 bits per heavy atom. The van der Waals surface area contributed by atoms with Gasteiger partial charge < -0.3 is 14.4 Å². The van der Waals surface area contributed by atoms with Crippen LogP contribution >= 0.6 is 0 Å². The first-order valence-corrected chi connectivity index (χ1v) is 11.6. The minimum absolute atomic E-state index is 0.0969. The summed E-state index contributed by atoms with van der Waals surface area (Å²) in [6.07, 6.45) is 0. The first-order valence-electron chi connectivity index (χ1n) is 11.6. The summed E-state index contributed by atoms with van der Waals surface area (Å²) in [6.45, 7) is 0.0969. The molecule has 34 heavy (non-hydrogen) atoms. The molecule has 0 amide bonds. The molecular formula is C30H18BNO2. The highest BCUT2D eigenvalue weighted by atomic mass is 16.5. The van der Waals surface area contributed by atoms with Crippen LogP contribution in [0.5, 0.6) is 23.0 Å². The van der Waals surface area contributed by atoms with E-state index in [1.807, 2.05) is 18.2 Å². The summed E-state index contributed by atoms with van der Waals surface area (Å²) >= 11 is 0. The summed E-state index contributed by atoms with van der Waals surface area (Å²) in [5, 5.41) is 0. The molecule has 158 valence electrons. The van der Waals surface area contributed by atoms with Gasteiger partial charge in [-0.3, -0.25) is 0 Å². The Morgan fingerprint density at radius 1 is 0.471 bits per heavy atom. The second-order valence-electron chi connectivity index (χ2n) is 8.93. The van der Waals surface area contributed by atoms with Crippen LogP contribution in [-0.2, 0) is 0 Å². The molecule has 3 heterocycles. The van der Waals surface area contributed by atoms with Crippen LogP contribution < -0.4 is 30.8 Å². The summed E-state index contributed by atoms with van der Waals surface area (Å²) in [5.41, 5.74) is 9.35. The molecule has 3 aliphatic heterocycles. The summed E-state index contributed by atoms with van der Waals surface area (Å²) in [6, 6.07) is 38.1. The number of rotatable bonds is 2. The zero-order valence-electron chi connectivity index (χ0n) is 18.2. The molecular weight excluding hydrogens is 417 g/mol. The molecule has 4 heteroatoms. The predicted octanol–water partition coefficient (Wildman–Crippen LogP) is 5.86. The molecule has 0 aliphatic carbocycles. The van der Waals surface area contributed by atoms with Gasteiger partial charge in [0.15, 0.2) is 0 Å². The molecule has 0 fully saturated rings. The molecule has 8 rings (SSSR count). The number of benzene rings is 5. The highest BCUT2D eigenvalue weighted by Gasteiger charge is 2.47. The van der Waals surface area contributed by atoms with Gasteiger partial charge in [0, 0.05) is 22.5 Å². The topological polar surface area (TPSA) is 21.7 Å². The smallest absolute Gasteiger partial charge is 0.266 e. The lowest BCUT2D eigenvalue weighted by molar-refractivity contribution is 0.464. The monoisotopic (exact) mass is 435 g/mol. The standard InChI is InChI=1S/C30H18BNO2/c1-2-8-19(9-3-1)20-10-4-11-21(18-20)32-22-12-5-14-24-28(22)31-29-23(32)13-6-15-25(29)34-27-17-7-16-26(33-24)30(27)31/h1-18H. The number of hydrogen-bond acceptors (Lipinski definition) is 3. The van der Waals surface area contributed by atoms with E-state index in [9.17, 15) is 0 Å². The van der Waals surface area contributed by atoms with Crippen LogP contribution in [0.25, 0.3) is 11.1 Å². The zero-order chi connectivity index (χ0) is 22.2. The van der Waals surface area contributed by atoms with E-state index in [1.54, 1.807) is 0 Å². The molecule has 0 spiro atoms. The Bertz CT molecular complexity index is 1550. The largest absolute Gasteiger partial charge is 0.458 e. The van der Waals surface area contributed by atoms with Crippen LogP contribution in [-0.4, -0.2) is 6.71 Å². The van der Waals surface area contributed by atoms with Gasteiger partial charge in [0.2, 0.25) is 0 Å². The van der Waals surface area contributed by atoms with E-state index in [0.717, 1.165) is 45.5 Å². The van der Waals surface area contributed by atoms with Crippen molar-refractivity contribution >= 4 is 40.2 Å². The van der Waals surface area contributed by atoms with E-state index < -0.39 is 0 Å². The SMILES string of the molecule is c1ccc(-c2cccc(N3c4cccc5c4B4c6c(cccc6Oc6cccc3c64)O5)c2)cc1. The Morgan fingerprint density at radius 2 is 1.00 bits per heavy atom. The van der Waals surface area contributed by atoms with E-state index in [1.165, 1.54) is 22.1 Å². The zero-order valence-corrected chi connectivity index (χ0v) is 18.2. The Labute approximate surface area is 197 Å². The summed E-state index contributed by atoms with van der Waals surface area (Å²) in [4.78, 5) is 2.35. The maximum Gasteiger partial charge on any atom is 0.266 e. The molecule has 5 aromatic carbocycles.